The Kier molecular flexibility index (Phi) is 5.04. The van der Waals surface area contributed by atoms with E-state index in [1.807, 2.05) is 13.0 Å². The molecule has 2 aromatic carbocycles. The number of benzene rings is 2. The molecule has 0 aliphatic rings. The van der Waals surface area contributed by atoms with Gasteiger partial charge in [0, 0.05) is 35.3 Å². The van der Waals surface area contributed by atoms with Gasteiger partial charge in [-0.3, -0.25) is 10.1 Å². The molecule has 3 aromatic rings. The van der Waals surface area contributed by atoms with E-state index in [1.54, 1.807) is 12.1 Å². The van der Waals surface area contributed by atoms with Gasteiger partial charge in [0.25, 0.3) is 5.69 Å². The number of rotatable bonds is 4. The number of fused-ring (bicyclic) bond motifs is 1. The van der Waals surface area contributed by atoms with Crippen molar-refractivity contribution in [1.29, 1.82) is 0 Å². The largest absolute Gasteiger partial charge is 0.495 e. The zero-order chi connectivity index (χ0) is 19.6. The number of hydrogen-bond donors (Lipinski definition) is 2. The van der Waals surface area contributed by atoms with Gasteiger partial charge in [-0.1, -0.05) is 0 Å². The molecule has 1 heterocycles. The minimum absolute atomic E-state index is 0.0935. The summed E-state index contributed by atoms with van der Waals surface area (Å²) in [5.41, 5.74) is 1.67. The first-order valence-electron chi connectivity index (χ1n) is 7.82. The highest BCUT2D eigenvalue weighted by Crippen LogP contribution is 2.29. The summed E-state index contributed by atoms with van der Waals surface area (Å²) in [6.07, 6.45) is 0. The van der Waals surface area contributed by atoms with E-state index in [0.717, 1.165) is 10.9 Å². The minimum Gasteiger partial charge on any atom is -0.495 e. The van der Waals surface area contributed by atoms with Crippen LogP contribution in [-0.2, 0) is 0 Å². The van der Waals surface area contributed by atoms with Gasteiger partial charge in [0.1, 0.15) is 11.3 Å². The van der Waals surface area contributed by atoms with E-state index in [4.69, 9.17) is 21.4 Å². The van der Waals surface area contributed by atoms with Crippen molar-refractivity contribution < 1.29 is 14.1 Å². The average molecular weight is 385 g/mol. The summed E-state index contributed by atoms with van der Waals surface area (Å²) < 4.78 is 10.4. The Bertz CT molecular complexity index is 1110. The molecule has 3 rings (SSSR count). The lowest BCUT2D eigenvalue weighted by molar-refractivity contribution is -0.384. The zero-order valence-electron chi connectivity index (χ0n) is 14.4. The molecule has 0 aliphatic carbocycles. The number of anilines is 2. The number of nitrogens with one attached hydrogen (secondary N) is 2. The third kappa shape index (κ3) is 4.04. The fourth-order valence-corrected chi connectivity index (χ4v) is 2.82. The second kappa shape index (κ2) is 7.42. The van der Waals surface area contributed by atoms with E-state index < -0.39 is 10.5 Å². The highest BCUT2D eigenvalue weighted by molar-refractivity contribution is 7.80. The van der Waals surface area contributed by atoms with E-state index in [-0.39, 0.29) is 10.8 Å². The molecule has 1 aromatic heterocycles. The van der Waals surface area contributed by atoms with Crippen LogP contribution in [0, 0.1) is 17.0 Å². The van der Waals surface area contributed by atoms with Crippen LogP contribution in [0.2, 0.25) is 0 Å². The van der Waals surface area contributed by atoms with Crippen molar-refractivity contribution in [2.24, 2.45) is 0 Å². The SMILES string of the molecule is COc1ccc([N+](=O)[O-])cc1NC(=S)Nc1ccc2c(C)cc(=O)oc2c1. The van der Waals surface area contributed by atoms with Crippen molar-refractivity contribution in [2.45, 2.75) is 6.92 Å². The maximum atomic E-state index is 11.5. The number of ether oxygens (including phenoxy) is 1. The first-order valence-corrected chi connectivity index (χ1v) is 8.23. The van der Waals surface area contributed by atoms with Gasteiger partial charge in [-0.15, -0.1) is 0 Å². The van der Waals surface area contributed by atoms with E-state index in [1.165, 1.54) is 31.4 Å². The molecule has 8 nitrogen and oxygen atoms in total. The van der Waals surface area contributed by atoms with Gasteiger partial charge in [-0.25, -0.2) is 4.79 Å². The zero-order valence-corrected chi connectivity index (χ0v) is 15.3. The van der Waals surface area contributed by atoms with E-state index in [9.17, 15) is 14.9 Å². The van der Waals surface area contributed by atoms with Gasteiger partial charge in [-0.2, -0.15) is 0 Å². The lowest BCUT2D eigenvalue weighted by Crippen LogP contribution is -2.19. The van der Waals surface area contributed by atoms with E-state index in [0.29, 0.717) is 22.7 Å². The van der Waals surface area contributed by atoms with Crippen LogP contribution < -0.4 is 21.0 Å². The molecular formula is C18H15N3O5S. The third-order valence-corrected chi connectivity index (χ3v) is 4.06. The molecule has 0 saturated heterocycles. The summed E-state index contributed by atoms with van der Waals surface area (Å²) in [5.74, 6) is 0.407. The van der Waals surface area contributed by atoms with Crippen molar-refractivity contribution in [3.8, 4) is 5.75 Å². The van der Waals surface area contributed by atoms with Gasteiger partial charge in [-0.05, 0) is 42.9 Å². The first kappa shape index (κ1) is 18.3. The Morgan fingerprint density at radius 2 is 1.96 bits per heavy atom. The van der Waals surface area contributed by atoms with Gasteiger partial charge >= 0.3 is 5.63 Å². The summed E-state index contributed by atoms with van der Waals surface area (Å²) in [4.78, 5) is 22.0. The number of hydrogen-bond acceptors (Lipinski definition) is 6. The maximum Gasteiger partial charge on any atom is 0.336 e. The second-order valence-corrected chi connectivity index (χ2v) is 6.09. The van der Waals surface area contributed by atoms with Crippen molar-refractivity contribution >= 4 is 45.4 Å². The van der Waals surface area contributed by atoms with Crippen LogP contribution in [-0.4, -0.2) is 17.1 Å². The number of aryl methyl sites for hydroxylation is 1. The third-order valence-electron chi connectivity index (χ3n) is 3.85. The van der Waals surface area contributed by atoms with Gasteiger partial charge in [0.15, 0.2) is 5.11 Å². The fourth-order valence-electron chi connectivity index (χ4n) is 2.59. The minimum atomic E-state index is -0.505. The Balaban J connectivity index is 1.84. The lowest BCUT2D eigenvalue weighted by Gasteiger charge is -2.13. The predicted octanol–water partition coefficient (Wildman–Crippen LogP) is 3.83. The van der Waals surface area contributed by atoms with Crippen molar-refractivity contribution in [3.63, 3.8) is 0 Å². The average Bonchev–Trinajstić information content (AvgIpc) is 2.61. The Hall–Kier alpha value is -3.46. The first-order chi connectivity index (χ1) is 12.9. The normalized spacial score (nSPS) is 10.4. The molecule has 9 heteroatoms. The number of thiocarbonyl (C=S) groups is 1. The lowest BCUT2D eigenvalue weighted by atomic mass is 10.1. The number of non-ortho nitro benzene ring substituents is 1. The van der Waals surface area contributed by atoms with Crippen LogP contribution in [0.4, 0.5) is 17.1 Å². The molecule has 0 amide bonds. The van der Waals surface area contributed by atoms with Gasteiger partial charge < -0.3 is 19.8 Å². The molecule has 0 fully saturated rings. The van der Waals surface area contributed by atoms with Crippen molar-refractivity contribution in [2.75, 3.05) is 17.7 Å². The van der Waals surface area contributed by atoms with Crippen LogP contribution in [0.15, 0.2) is 51.7 Å². The number of nitro groups is 1. The molecule has 27 heavy (non-hydrogen) atoms. The summed E-state index contributed by atoms with van der Waals surface area (Å²) in [6, 6.07) is 10.8. The number of methoxy groups -OCH3 is 1. The number of nitro benzene ring substituents is 1. The highest BCUT2D eigenvalue weighted by Gasteiger charge is 2.13. The monoisotopic (exact) mass is 385 g/mol. The van der Waals surface area contributed by atoms with Crippen LogP contribution in [0.5, 0.6) is 5.75 Å². The van der Waals surface area contributed by atoms with Crippen molar-refractivity contribution in [1.82, 2.24) is 0 Å². The molecule has 0 radical (unpaired) electrons. The highest BCUT2D eigenvalue weighted by atomic mass is 32.1. The molecule has 138 valence electrons. The molecule has 0 atom stereocenters. The van der Waals surface area contributed by atoms with Gasteiger partial charge in [0.2, 0.25) is 0 Å². The van der Waals surface area contributed by atoms with Crippen LogP contribution in [0.25, 0.3) is 11.0 Å². The molecule has 0 bridgehead atoms. The molecule has 2 N–H and O–H groups in total. The Morgan fingerprint density at radius 1 is 1.19 bits per heavy atom. The van der Waals surface area contributed by atoms with E-state index >= 15 is 0 Å². The Labute approximate surface area is 158 Å². The fraction of sp³-hybridized carbons (Fsp3) is 0.111. The molecule has 0 aliphatic heterocycles. The standard InChI is InChI=1S/C18H15N3O5S/c1-10-7-17(22)26-16-8-11(3-5-13(10)16)19-18(27)20-14-9-12(21(23)24)4-6-15(14)25-2/h3-9H,1-2H3,(H2,19,20,27). The van der Waals surface area contributed by atoms with Crippen LogP contribution in [0.3, 0.4) is 0 Å². The summed E-state index contributed by atoms with van der Waals surface area (Å²) >= 11 is 5.27. The Morgan fingerprint density at radius 3 is 2.67 bits per heavy atom. The summed E-state index contributed by atoms with van der Waals surface area (Å²) in [7, 11) is 1.45. The van der Waals surface area contributed by atoms with Gasteiger partial charge in [0.05, 0.1) is 17.7 Å². The molecular weight excluding hydrogens is 370 g/mol. The molecule has 0 spiro atoms. The summed E-state index contributed by atoms with van der Waals surface area (Å²) in [5, 5.41) is 17.8. The topological polar surface area (TPSA) is 107 Å². The maximum absolute atomic E-state index is 11.5. The number of nitrogens with zero attached hydrogens (tertiary/aromatic N) is 1. The van der Waals surface area contributed by atoms with Crippen LogP contribution in [0.1, 0.15) is 5.56 Å². The van der Waals surface area contributed by atoms with Crippen LogP contribution >= 0.6 is 12.2 Å². The molecule has 0 unspecified atom stereocenters. The quantitative estimate of drug-likeness (QED) is 0.302. The predicted molar refractivity (Wildman–Crippen MR) is 107 cm³/mol. The summed E-state index contributed by atoms with van der Waals surface area (Å²) in [6.45, 7) is 1.83. The smallest absolute Gasteiger partial charge is 0.336 e. The van der Waals surface area contributed by atoms with E-state index in [2.05, 4.69) is 10.6 Å². The van der Waals surface area contributed by atoms with Crippen molar-refractivity contribution in [3.05, 3.63) is 68.6 Å². The second-order valence-electron chi connectivity index (χ2n) is 5.68. The molecule has 0 saturated carbocycles.